The van der Waals surface area contributed by atoms with Crippen LogP contribution >= 0.6 is 0 Å². The van der Waals surface area contributed by atoms with E-state index in [4.69, 9.17) is 10.5 Å². The van der Waals surface area contributed by atoms with Crippen molar-refractivity contribution < 1.29 is 0 Å². The van der Waals surface area contributed by atoms with E-state index in [0.717, 1.165) is 19.1 Å². The highest BCUT2D eigenvalue weighted by Gasteiger charge is 2.45. The number of hydrogen-bond donors (Lipinski definition) is 0. The zero-order valence-corrected chi connectivity index (χ0v) is 9.08. The highest BCUT2D eigenvalue weighted by molar-refractivity contribution is 5.03. The van der Waals surface area contributed by atoms with Crippen LogP contribution in [0.4, 0.5) is 0 Å². The second kappa shape index (κ2) is 4.21. The van der Waals surface area contributed by atoms with Gasteiger partial charge in [-0.05, 0) is 31.1 Å². The molecule has 0 saturated heterocycles. The van der Waals surface area contributed by atoms with Crippen LogP contribution in [0.3, 0.4) is 0 Å². The lowest BCUT2D eigenvalue weighted by molar-refractivity contribution is 0.215. The van der Waals surface area contributed by atoms with Crippen LogP contribution in [0.25, 0.3) is 0 Å². The SMILES string of the molecule is N#CCCN(CC1(CC#N)CC1)C1CC1. The van der Waals surface area contributed by atoms with Crippen molar-refractivity contribution in [1.29, 1.82) is 10.5 Å². The van der Waals surface area contributed by atoms with Crippen LogP contribution in [0.1, 0.15) is 38.5 Å². The molecule has 0 amide bonds. The average Bonchev–Trinajstić information content (AvgIpc) is 3.07. The van der Waals surface area contributed by atoms with Gasteiger partial charge in [-0.3, -0.25) is 4.90 Å². The standard InChI is InChI=1S/C12H17N3/c13-7-1-9-15(11-2-3-11)10-12(4-5-12)6-8-14/h11H,1-6,9-10H2. The van der Waals surface area contributed by atoms with Crippen molar-refractivity contribution in [3.63, 3.8) is 0 Å². The van der Waals surface area contributed by atoms with Crippen molar-refractivity contribution in [2.75, 3.05) is 13.1 Å². The molecule has 0 heterocycles. The van der Waals surface area contributed by atoms with E-state index in [0.29, 0.717) is 18.3 Å². The minimum atomic E-state index is 0.298. The number of rotatable bonds is 6. The van der Waals surface area contributed by atoms with Gasteiger partial charge >= 0.3 is 0 Å². The van der Waals surface area contributed by atoms with Gasteiger partial charge in [0.15, 0.2) is 0 Å². The van der Waals surface area contributed by atoms with Crippen molar-refractivity contribution in [2.24, 2.45) is 5.41 Å². The van der Waals surface area contributed by atoms with Gasteiger partial charge in [0.25, 0.3) is 0 Å². The van der Waals surface area contributed by atoms with E-state index >= 15 is 0 Å². The third-order valence-corrected chi connectivity index (χ3v) is 3.52. The van der Waals surface area contributed by atoms with Gasteiger partial charge in [-0.1, -0.05) is 0 Å². The molecule has 0 aromatic rings. The molecule has 0 unspecified atom stereocenters. The molecule has 3 heteroatoms. The second-order valence-corrected chi connectivity index (χ2v) is 4.94. The Balaban J connectivity index is 1.84. The first-order chi connectivity index (χ1) is 7.29. The van der Waals surface area contributed by atoms with Gasteiger partial charge in [0.05, 0.1) is 12.1 Å². The summed E-state index contributed by atoms with van der Waals surface area (Å²) in [6.45, 7) is 1.95. The maximum absolute atomic E-state index is 8.76. The highest BCUT2D eigenvalue weighted by Crippen LogP contribution is 2.50. The van der Waals surface area contributed by atoms with Gasteiger partial charge in [0.2, 0.25) is 0 Å². The largest absolute Gasteiger partial charge is 0.299 e. The molecule has 0 radical (unpaired) electrons. The Morgan fingerprint density at radius 1 is 1.20 bits per heavy atom. The normalized spacial score (nSPS) is 22.1. The maximum Gasteiger partial charge on any atom is 0.0635 e. The third kappa shape index (κ3) is 2.70. The van der Waals surface area contributed by atoms with Crippen LogP contribution in [-0.4, -0.2) is 24.0 Å². The lowest BCUT2D eigenvalue weighted by Crippen LogP contribution is -2.33. The van der Waals surface area contributed by atoms with Gasteiger partial charge in [-0.2, -0.15) is 10.5 Å². The van der Waals surface area contributed by atoms with Crippen molar-refractivity contribution >= 4 is 0 Å². The van der Waals surface area contributed by atoms with E-state index in [2.05, 4.69) is 17.0 Å². The van der Waals surface area contributed by atoms with E-state index in [-0.39, 0.29) is 0 Å². The second-order valence-electron chi connectivity index (χ2n) is 4.94. The molecule has 15 heavy (non-hydrogen) atoms. The summed E-state index contributed by atoms with van der Waals surface area (Å²) < 4.78 is 0. The predicted octanol–water partition coefficient (Wildman–Crippen LogP) is 2.06. The molecule has 0 bridgehead atoms. The van der Waals surface area contributed by atoms with Crippen LogP contribution in [0.5, 0.6) is 0 Å². The number of nitriles is 2. The molecule has 0 atom stereocenters. The summed E-state index contributed by atoms with van der Waals surface area (Å²) in [5.74, 6) is 0. The van der Waals surface area contributed by atoms with Gasteiger partial charge in [-0.25, -0.2) is 0 Å². The molecule has 80 valence electrons. The quantitative estimate of drug-likeness (QED) is 0.664. The van der Waals surface area contributed by atoms with Gasteiger partial charge in [0, 0.05) is 32.0 Å². The molecule has 0 N–H and O–H groups in total. The zero-order valence-electron chi connectivity index (χ0n) is 9.08. The number of nitrogens with zero attached hydrogens (tertiary/aromatic N) is 3. The fourth-order valence-electron chi connectivity index (χ4n) is 2.19. The van der Waals surface area contributed by atoms with E-state index in [9.17, 15) is 0 Å². The van der Waals surface area contributed by atoms with Crippen molar-refractivity contribution in [2.45, 2.75) is 44.6 Å². The van der Waals surface area contributed by atoms with Crippen LogP contribution < -0.4 is 0 Å². The zero-order chi connectivity index (χ0) is 10.7. The van der Waals surface area contributed by atoms with E-state index < -0.39 is 0 Å². The van der Waals surface area contributed by atoms with Gasteiger partial charge in [0.1, 0.15) is 0 Å². The minimum absolute atomic E-state index is 0.298. The van der Waals surface area contributed by atoms with E-state index in [1.165, 1.54) is 25.7 Å². The monoisotopic (exact) mass is 203 g/mol. The first-order valence-corrected chi connectivity index (χ1v) is 5.78. The Morgan fingerprint density at radius 3 is 2.40 bits per heavy atom. The lowest BCUT2D eigenvalue weighted by Gasteiger charge is -2.25. The Bertz CT molecular complexity index is 302. The molecule has 2 fully saturated rings. The molecule has 0 aromatic carbocycles. The summed E-state index contributed by atoms with van der Waals surface area (Å²) in [6.07, 6.45) is 6.30. The van der Waals surface area contributed by atoms with Crippen molar-refractivity contribution in [3.8, 4) is 12.1 Å². The number of hydrogen-bond acceptors (Lipinski definition) is 3. The highest BCUT2D eigenvalue weighted by atomic mass is 15.2. The molecule has 2 rings (SSSR count). The summed E-state index contributed by atoms with van der Waals surface area (Å²) >= 11 is 0. The summed E-state index contributed by atoms with van der Waals surface area (Å²) in [4.78, 5) is 2.44. The Labute approximate surface area is 91.3 Å². The van der Waals surface area contributed by atoms with E-state index in [1.54, 1.807) is 0 Å². The van der Waals surface area contributed by atoms with Crippen molar-refractivity contribution in [3.05, 3.63) is 0 Å². The van der Waals surface area contributed by atoms with E-state index in [1.807, 2.05) is 0 Å². The topological polar surface area (TPSA) is 50.8 Å². The molecule has 2 saturated carbocycles. The van der Waals surface area contributed by atoms with Crippen LogP contribution in [0.2, 0.25) is 0 Å². The Morgan fingerprint density at radius 2 is 1.93 bits per heavy atom. The molecular formula is C12H17N3. The van der Waals surface area contributed by atoms with Gasteiger partial charge in [-0.15, -0.1) is 0 Å². The summed E-state index contributed by atoms with van der Waals surface area (Å²) in [7, 11) is 0. The van der Waals surface area contributed by atoms with Crippen molar-refractivity contribution in [1.82, 2.24) is 4.90 Å². The first-order valence-electron chi connectivity index (χ1n) is 5.78. The Kier molecular flexibility index (Phi) is 2.93. The third-order valence-electron chi connectivity index (χ3n) is 3.52. The molecule has 0 aromatic heterocycles. The predicted molar refractivity (Wildman–Crippen MR) is 56.7 cm³/mol. The molecule has 2 aliphatic rings. The molecule has 0 spiro atoms. The molecular weight excluding hydrogens is 186 g/mol. The average molecular weight is 203 g/mol. The summed E-state index contributed by atoms with van der Waals surface area (Å²) in [6, 6.07) is 5.23. The smallest absolute Gasteiger partial charge is 0.0635 e. The molecule has 0 aliphatic heterocycles. The minimum Gasteiger partial charge on any atom is -0.299 e. The molecule has 3 nitrogen and oxygen atoms in total. The summed E-state index contributed by atoms with van der Waals surface area (Å²) in [5.41, 5.74) is 0.298. The first kappa shape index (κ1) is 10.5. The fraction of sp³-hybridized carbons (Fsp3) is 0.833. The van der Waals surface area contributed by atoms with Gasteiger partial charge < -0.3 is 0 Å². The fourth-order valence-corrected chi connectivity index (χ4v) is 2.19. The van der Waals surface area contributed by atoms with Crippen LogP contribution in [0, 0.1) is 28.1 Å². The van der Waals surface area contributed by atoms with Crippen LogP contribution in [-0.2, 0) is 0 Å². The van der Waals surface area contributed by atoms with Crippen LogP contribution in [0.15, 0.2) is 0 Å². The Hall–Kier alpha value is -1.06. The maximum atomic E-state index is 8.76. The summed E-state index contributed by atoms with van der Waals surface area (Å²) in [5, 5.41) is 17.4. The molecule has 2 aliphatic carbocycles. The lowest BCUT2D eigenvalue weighted by atomic mass is 10.0.